The van der Waals surface area contributed by atoms with Gasteiger partial charge in [-0.3, -0.25) is 4.79 Å². The van der Waals surface area contributed by atoms with Crippen LogP contribution < -0.4 is 10.1 Å². The molecule has 0 unspecified atom stereocenters. The standard InChI is InChI=1S/C15H21NO4/c1-5-8-16-14(17)11(3)20-15(18)12-9-10(2)6-7-13(12)19-4/h6-7,9,11H,5,8H2,1-4H3,(H,16,17)/t11-/m1/s1. The predicted molar refractivity (Wildman–Crippen MR) is 75.9 cm³/mol. The Balaban J connectivity index is 2.75. The summed E-state index contributed by atoms with van der Waals surface area (Å²) in [6.45, 7) is 5.93. The molecule has 5 heteroatoms. The van der Waals surface area contributed by atoms with Crippen molar-refractivity contribution in [2.24, 2.45) is 0 Å². The van der Waals surface area contributed by atoms with Crippen molar-refractivity contribution < 1.29 is 19.1 Å². The molecule has 0 saturated heterocycles. The first-order valence-corrected chi connectivity index (χ1v) is 6.63. The molecule has 1 atom stereocenters. The minimum Gasteiger partial charge on any atom is -0.496 e. The molecule has 0 aliphatic rings. The van der Waals surface area contributed by atoms with Crippen LogP contribution in [0.2, 0.25) is 0 Å². The fourth-order valence-electron chi connectivity index (χ4n) is 1.65. The number of nitrogens with one attached hydrogen (secondary N) is 1. The van der Waals surface area contributed by atoms with Crippen LogP contribution in [0, 0.1) is 6.92 Å². The third-order valence-electron chi connectivity index (χ3n) is 2.78. The van der Waals surface area contributed by atoms with Crippen LogP contribution in [0.5, 0.6) is 5.75 Å². The maximum Gasteiger partial charge on any atom is 0.342 e. The Morgan fingerprint density at radius 3 is 2.65 bits per heavy atom. The van der Waals surface area contributed by atoms with Gasteiger partial charge in [-0.25, -0.2) is 4.79 Å². The lowest BCUT2D eigenvalue weighted by Gasteiger charge is -2.14. The molecular weight excluding hydrogens is 258 g/mol. The zero-order valence-electron chi connectivity index (χ0n) is 12.4. The van der Waals surface area contributed by atoms with E-state index in [1.54, 1.807) is 19.1 Å². The molecule has 0 radical (unpaired) electrons. The molecule has 0 heterocycles. The van der Waals surface area contributed by atoms with Gasteiger partial charge in [0.25, 0.3) is 5.91 Å². The summed E-state index contributed by atoms with van der Waals surface area (Å²) < 4.78 is 10.3. The van der Waals surface area contributed by atoms with Crippen molar-refractivity contribution in [3.05, 3.63) is 29.3 Å². The summed E-state index contributed by atoms with van der Waals surface area (Å²) in [5.74, 6) is -0.432. The third kappa shape index (κ3) is 4.26. The van der Waals surface area contributed by atoms with Gasteiger partial charge in [0.15, 0.2) is 6.10 Å². The average Bonchev–Trinajstić information content (AvgIpc) is 2.44. The van der Waals surface area contributed by atoms with Crippen molar-refractivity contribution in [1.29, 1.82) is 0 Å². The van der Waals surface area contributed by atoms with E-state index >= 15 is 0 Å². The van der Waals surface area contributed by atoms with Crippen LogP contribution in [0.15, 0.2) is 18.2 Å². The van der Waals surface area contributed by atoms with E-state index in [9.17, 15) is 9.59 Å². The summed E-state index contributed by atoms with van der Waals surface area (Å²) in [4.78, 5) is 23.8. The number of amides is 1. The smallest absolute Gasteiger partial charge is 0.342 e. The Labute approximate surface area is 119 Å². The van der Waals surface area contributed by atoms with Gasteiger partial charge in [0.2, 0.25) is 0 Å². The first-order chi connectivity index (χ1) is 9.49. The van der Waals surface area contributed by atoms with Crippen molar-refractivity contribution in [2.75, 3.05) is 13.7 Å². The molecule has 20 heavy (non-hydrogen) atoms. The Kier molecular flexibility index (Phi) is 6.03. The molecule has 0 bridgehead atoms. The minimum atomic E-state index is -0.834. The van der Waals surface area contributed by atoms with Crippen LogP contribution in [-0.4, -0.2) is 31.6 Å². The zero-order chi connectivity index (χ0) is 15.1. The largest absolute Gasteiger partial charge is 0.496 e. The number of rotatable bonds is 6. The van der Waals surface area contributed by atoms with E-state index in [1.807, 2.05) is 19.9 Å². The number of hydrogen-bond acceptors (Lipinski definition) is 4. The van der Waals surface area contributed by atoms with E-state index in [0.717, 1.165) is 12.0 Å². The molecule has 1 aromatic carbocycles. The van der Waals surface area contributed by atoms with Crippen LogP contribution in [-0.2, 0) is 9.53 Å². The monoisotopic (exact) mass is 279 g/mol. The molecule has 1 N–H and O–H groups in total. The molecule has 0 aromatic heterocycles. The van der Waals surface area contributed by atoms with Crippen molar-refractivity contribution in [3.63, 3.8) is 0 Å². The molecule has 0 aliphatic carbocycles. The second kappa shape index (κ2) is 7.53. The summed E-state index contributed by atoms with van der Waals surface area (Å²) >= 11 is 0. The third-order valence-corrected chi connectivity index (χ3v) is 2.78. The first-order valence-electron chi connectivity index (χ1n) is 6.63. The lowest BCUT2D eigenvalue weighted by Crippen LogP contribution is -2.36. The lowest BCUT2D eigenvalue weighted by atomic mass is 10.1. The van der Waals surface area contributed by atoms with Gasteiger partial charge < -0.3 is 14.8 Å². The van der Waals surface area contributed by atoms with Crippen LogP contribution in [0.4, 0.5) is 0 Å². The summed E-state index contributed by atoms with van der Waals surface area (Å²) in [5.41, 5.74) is 1.24. The Bertz CT molecular complexity index is 485. The number of methoxy groups -OCH3 is 1. The SMILES string of the molecule is CCCNC(=O)[C@@H](C)OC(=O)c1cc(C)ccc1OC. The Morgan fingerprint density at radius 1 is 1.35 bits per heavy atom. The van der Waals surface area contributed by atoms with E-state index < -0.39 is 12.1 Å². The number of esters is 1. The molecule has 1 aromatic rings. The summed E-state index contributed by atoms with van der Waals surface area (Å²) in [6.07, 6.45) is -0.00255. The fourth-order valence-corrected chi connectivity index (χ4v) is 1.65. The normalized spacial score (nSPS) is 11.6. The molecule has 5 nitrogen and oxygen atoms in total. The van der Waals surface area contributed by atoms with E-state index in [2.05, 4.69) is 5.32 Å². The highest BCUT2D eigenvalue weighted by Crippen LogP contribution is 2.21. The van der Waals surface area contributed by atoms with E-state index in [0.29, 0.717) is 17.9 Å². The molecule has 1 rings (SSSR count). The zero-order valence-corrected chi connectivity index (χ0v) is 12.4. The quantitative estimate of drug-likeness (QED) is 0.810. The van der Waals surface area contributed by atoms with Gasteiger partial charge in [0, 0.05) is 6.54 Å². The second-order valence-corrected chi connectivity index (χ2v) is 4.54. The Morgan fingerprint density at radius 2 is 2.05 bits per heavy atom. The maximum absolute atomic E-state index is 12.1. The fraction of sp³-hybridized carbons (Fsp3) is 0.467. The van der Waals surface area contributed by atoms with Gasteiger partial charge in [0.05, 0.1) is 7.11 Å². The molecule has 0 fully saturated rings. The van der Waals surface area contributed by atoms with Gasteiger partial charge in [-0.1, -0.05) is 18.6 Å². The predicted octanol–water partition coefficient (Wildman–Crippen LogP) is 2.08. The van der Waals surface area contributed by atoms with Crippen molar-refractivity contribution in [1.82, 2.24) is 5.32 Å². The molecule has 0 aliphatic heterocycles. The first kappa shape index (κ1) is 16.0. The van der Waals surface area contributed by atoms with Crippen molar-refractivity contribution >= 4 is 11.9 Å². The van der Waals surface area contributed by atoms with Gasteiger partial charge in [0.1, 0.15) is 11.3 Å². The van der Waals surface area contributed by atoms with E-state index in [-0.39, 0.29) is 5.91 Å². The number of carbonyl (C=O) groups excluding carboxylic acids is 2. The second-order valence-electron chi connectivity index (χ2n) is 4.54. The van der Waals surface area contributed by atoms with Crippen molar-refractivity contribution in [3.8, 4) is 5.75 Å². The number of carbonyl (C=O) groups is 2. The highest BCUT2D eigenvalue weighted by atomic mass is 16.5. The molecule has 0 saturated carbocycles. The van der Waals surface area contributed by atoms with Crippen LogP contribution in [0.1, 0.15) is 36.2 Å². The van der Waals surface area contributed by atoms with Crippen LogP contribution in [0.25, 0.3) is 0 Å². The Hall–Kier alpha value is -2.04. The number of hydrogen-bond donors (Lipinski definition) is 1. The maximum atomic E-state index is 12.1. The summed E-state index contributed by atoms with van der Waals surface area (Å²) in [7, 11) is 1.48. The van der Waals surface area contributed by atoms with Crippen LogP contribution in [0.3, 0.4) is 0 Å². The number of ether oxygens (including phenoxy) is 2. The molecule has 0 spiro atoms. The molecule has 1 amide bonds. The summed E-state index contributed by atoms with van der Waals surface area (Å²) in [5, 5.41) is 2.68. The van der Waals surface area contributed by atoms with Crippen molar-refractivity contribution in [2.45, 2.75) is 33.3 Å². The number of benzene rings is 1. The molecular formula is C15H21NO4. The van der Waals surface area contributed by atoms with Gasteiger partial charge in [-0.15, -0.1) is 0 Å². The van der Waals surface area contributed by atoms with Gasteiger partial charge in [-0.2, -0.15) is 0 Å². The van der Waals surface area contributed by atoms with E-state index in [1.165, 1.54) is 7.11 Å². The highest BCUT2D eigenvalue weighted by molar-refractivity contribution is 5.94. The average molecular weight is 279 g/mol. The topological polar surface area (TPSA) is 64.6 Å². The number of aryl methyl sites for hydroxylation is 1. The lowest BCUT2D eigenvalue weighted by molar-refractivity contribution is -0.129. The minimum absolute atomic E-state index is 0.299. The highest BCUT2D eigenvalue weighted by Gasteiger charge is 2.21. The summed E-state index contributed by atoms with van der Waals surface area (Å²) in [6, 6.07) is 5.22. The van der Waals surface area contributed by atoms with Gasteiger partial charge >= 0.3 is 5.97 Å². The van der Waals surface area contributed by atoms with Gasteiger partial charge in [-0.05, 0) is 32.4 Å². The molecule has 110 valence electrons. The van der Waals surface area contributed by atoms with E-state index in [4.69, 9.17) is 9.47 Å². The van der Waals surface area contributed by atoms with Crippen LogP contribution >= 0.6 is 0 Å².